The maximum absolute atomic E-state index is 14.7. The fraction of sp³-hybridized carbons (Fsp3) is 0.360. The number of rotatable bonds is 5. The summed E-state index contributed by atoms with van der Waals surface area (Å²) in [5, 5.41) is 2.67. The highest BCUT2D eigenvalue weighted by atomic mass is 19.3. The summed E-state index contributed by atoms with van der Waals surface area (Å²) in [7, 11) is 0. The van der Waals surface area contributed by atoms with Gasteiger partial charge in [-0.1, -0.05) is 0 Å². The van der Waals surface area contributed by atoms with Gasteiger partial charge in [-0.2, -0.15) is 0 Å². The van der Waals surface area contributed by atoms with Crippen molar-refractivity contribution in [3.05, 3.63) is 71.6 Å². The predicted molar refractivity (Wildman–Crippen MR) is 120 cm³/mol. The Morgan fingerprint density at radius 3 is 2.31 bits per heavy atom. The van der Waals surface area contributed by atoms with Gasteiger partial charge in [0.05, 0.1) is 16.9 Å². The second-order valence-corrected chi connectivity index (χ2v) is 9.10. The molecule has 1 aliphatic rings. The lowest BCUT2D eigenvalue weighted by Crippen LogP contribution is -2.25. The average molecular weight is 490 g/mol. The summed E-state index contributed by atoms with van der Waals surface area (Å²) in [6.07, 6.45) is 3.21. The van der Waals surface area contributed by atoms with Crippen LogP contribution in [0.25, 0.3) is 11.1 Å². The SMILES string of the molecule is CC(C)(F)c1ncc(C(=O)Nc2c(-c3cc(F)ccc3F)ccnc2C2CCC(F)(F)CC2)cn1. The van der Waals surface area contributed by atoms with Crippen molar-refractivity contribution in [3.8, 4) is 11.1 Å². The zero-order valence-corrected chi connectivity index (χ0v) is 19.1. The van der Waals surface area contributed by atoms with Gasteiger partial charge in [-0.25, -0.2) is 31.9 Å². The Hall–Kier alpha value is -3.43. The number of halogens is 5. The molecule has 1 amide bonds. The minimum atomic E-state index is -2.78. The van der Waals surface area contributed by atoms with Crippen LogP contribution in [0, 0.1) is 11.6 Å². The molecule has 0 radical (unpaired) electrons. The molecule has 2 aromatic heterocycles. The lowest BCUT2D eigenvalue weighted by Gasteiger charge is -2.29. The molecule has 0 aliphatic heterocycles. The topological polar surface area (TPSA) is 67.8 Å². The molecule has 0 bridgehead atoms. The number of hydrogen-bond donors (Lipinski definition) is 1. The minimum Gasteiger partial charge on any atom is -0.320 e. The Kier molecular flexibility index (Phi) is 6.57. The standard InChI is InChI=1S/C25H23F5N4O/c1-24(2,28)23-32-12-15(13-33-23)22(35)34-21-17(18-11-16(26)3-4-19(18)27)7-10-31-20(21)14-5-8-25(29,30)9-6-14/h3-4,7,10-14H,5-6,8-9H2,1-2H3,(H,34,35). The van der Waals surface area contributed by atoms with Crippen LogP contribution < -0.4 is 5.32 Å². The molecule has 35 heavy (non-hydrogen) atoms. The summed E-state index contributed by atoms with van der Waals surface area (Å²) in [5.41, 5.74) is -1.38. The van der Waals surface area contributed by atoms with Gasteiger partial charge < -0.3 is 5.32 Å². The number of benzene rings is 1. The fourth-order valence-electron chi connectivity index (χ4n) is 4.10. The molecule has 184 valence electrons. The highest BCUT2D eigenvalue weighted by Gasteiger charge is 2.37. The summed E-state index contributed by atoms with van der Waals surface area (Å²) in [6.45, 7) is 2.55. The molecule has 5 nitrogen and oxygen atoms in total. The molecule has 1 saturated carbocycles. The number of carbonyl (C=O) groups excluding carboxylic acids is 1. The van der Waals surface area contributed by atoms with Gasteiger partial charge in [-0.3, -0.25) is 9.78 Å². The summed E-state index contributed by atoms with van der Waals surface area (Å²) in [6, 6.07) is 4.33. The third-order valence-corrected chi connectivity index (χ3v) is 5.99. The van der Waals surface area contributed by atoms with Crippen molar-refractivity contribution in [2.24, 2.45) is 0 Å². The summed E-state index contributed by atoms with van der Waals surface area (Å²) in [4.78, 5) is 25.2. The van der Waals surface area contributed by atoms with Crippen molar-refractivity contribution in [2.75, 3.05) is 5.32 Å². The van der Waals surface area contributed by atoms with Crippen LogP contribution in [0.15, 0.2) is 42.9 Å². The summed E-state index contributed by atoms with van der Waals surface area (Å²) in [5.74, 6) is -5.43. The van der Waals surface area contributed by atoms with Crippen LogP contribution in [0.1, 0.15) is 67.3 Å². The van der Waals surface area contributed by atoms with Gasteiger partial charge in [0.15, 0.2) is 11.5 Å². The van der Waals surface area contributed by atoms with E-state index >= 15 is 0 Å². The molecule has 1 fully saturated rings. The quantitative estimate of drug-likeness (QED) is 0.411. The number of pyridine rings is 1. The molecule has 0 unspecified atom stereocenters. The average Bonchev–Trinajstić information content (AvgIpc) is 2.80. The molecule has 0 spiro atoms. The zero-order chi connectivity index (χ0) is 25.4. The van der Waals surface area contributed by atoms with Gasteiger partial charge in [-0.05, 0) is 51.0 Å². The van der Waals surface area contributed by atoms with Crippen molar-refractivity contribution >= 4 is 11.6 Å². The lowest BCUT2D eigenvalue weighted by atomic mass is 9.83. The lowest BCUT2D eigenvalue weighted by molar-refractivity contribution is -0.0384. The first-order valence-electron chi connectivity index (χ1n) is 11.1. The maximum atomic E-state index is 14.7. The van der Waals surface area contributed by atoms with Crippen LogP contribution in [-0.2, 0) is 5.67 Å². The van der Waals surface area contributed by atoms with E-state index in [4.69, 9.17) is 0 Å². The number of nitrogens with zero attached hydrogens (tertiary/aromatic N) is 3. The number of alkyl halides is 3. The number of nitrogens with one attached hydrogen (secondary N) is 1. The number of anilines is 1. The molecular formula is C25H23F5N4O. The number of amides is 1. The third-order valence-electron chi connectivity index (χ3n) is 5.99. The normalized spacial score (nSPS) is 16.2. The molecule has 0 saturated heterocycles. The first kappa shape index (κ1) is 24.7. The molecular weight excluding hydrogens is 467 g/mol. The van der Waals surface area contributed by atoms with Gasteiger partial charge in [0.2, 0.25) is 5.92 Å². The van der Waals surface area contributed by atoms with Gasteiger partial charge >= 0.3 is 0 Å². The van der Waals surface area contributed by atoms with E-state index in [9.17, 15) is 26.7 Å². The van der Waals surface area contributed by atoms with Crippen molar-refractivity contribution < 1.29 is 26.7 Å². The van der Waals surface area contributed by atoms with E-state index in [-0.39, 0.29) is 53.9 Å². The Balaban J connectivity index is 1.75. The van der Waals surface area contributed by atoms with E-state index in [1.807, 2.05) is 0 Å². The molecule has 2 heterocycles. The predicted octanol–water partition coefficient (Wildman–Crippen LogP) is 6.57. The smallest absolute Gasteiger partial charge is 0.258 e. The van der Waals surface area contributed by atoms with Crippen LogP contribution in [0.5, 0.6) is 0 Å². The van der Waals surface area contributed by atoms with E-state index in [0.29, 0.717) is 5.69 Å². The highest BCUT2D eigenvalue weighted by molar-refractivity contribution is 6.06. The van der Waals surface area contributed by atoms with E-state index in [0.717, 1.165) is 30.6 Å². The Morgan fingerprint density at radius 2 is 1.69 bits per heavy atom. The Labute approximate surface area is 198 Å². The fourth-order valence-corrected chi connectivity index (χ4v) is 4.10. The van der Waals surface area contributed by atoms with Gasteiger partial charge in [0, 0.05) is 48.5 Å². The van der Waals surface area contributed by atoms with Crippen molar-refractivity contribution in [1.29, 1.82) is 0 Å². The van der Waals surface area contributed by atoms with Crippen LogP contribution in [0.4, 0.5) is 27.6 Å². The Morgan fingerprint density at radius 1 is 1.03 bits per heavy atom. The molecule has 3 aromatic rings. The Bertz CT molecular complexity index is 1230. The zero-order valence-electron chi connectivity index (χ0n) is 19.1. The van der Waals surface area contributed by atoms with Crippen LogP contribution in [-0.4, -0.2) is 26.8 Å². The van der Waals surface area contributed by atoms with Crippen molar-refractivity contribution in [3.63, 3.8) is 0 Å². The molecule has 10 heteroatoms. The summed E-state index contributed by atoms with van der Waals surface area (Å²) >= 11 is 0. The second kappa shape index (κ2) is 9.31. The molecule has 1 aliphatic carbocycles. The largest absolute Gasteiger partial charge is 0.320 e. The first-order chi connectivity index (χ1) is 16.4. The number of hydrogen-bond acceptors (Lipinski definition) is 4. The second-order valence-electron chi connectivity index (χ2n) is 9.10. The third kappa shape index (κ3) is 5.47. The van der Waals surface area contributed by atoms with Crippen LogP contribution in [0.3, 0.4) is 0 Å². The van der Waals surface area contributed by atoms with Gasteiger partial charge in [0.1, 0.15) is 11.6 Å². The van der Waals surface area contributed by atoms with E-state index in [2.05, 4.69) is 20.3 Å². The van der Waals surface area contributed by atoms with Crippen molar-refractivity contribution in [1.82, 2.24) is 15.0 Å². The monoisotopic (exact) mass is 490 g/mol. The van der Waals surface area contributed by atoms with Crippen LogP contribution >= 0.6 is 0 Å². The molecule has 0 atom stereocenters. The summed E-state index contributed by atoms with van der Waals surface area (Å²) < 4.78 is 70.2. The van der Waals surface area contributed by atoms with Gasteiger partial charge in [0.25, 0.3) is 5.91 Å². The van der Waals surface area contributed by atoms with Crippen molar-refractivity contribution in [2.45, 2.75) is 57.0 Å². The number of carbonyl (C=O) groups is 1. The van der Waals surface area contributed by atoms with E-state index < -0.39 is 35.1 Å². The first-order valence-corrected chi connectivity index (χ1v) is 11.1. The molecule has 1 N–H and O–H groups in total. The van der Waals surface area contributed by atoms with E-state index in [1.165, 1.54) is 26.1 Å². The van der Waals surface area contributed by atoms with Crippen LogP contribution in [0.2, 0.25) is 0 Å². The van der Waals surface area contributed by atoms with E-state index in [1.54, 1.807) is 0 Å². The van der Waals surface area contributed by atoms with Gasteiger partial charge in [-0.15, -0.1) is 0 Å². The maximum Gasteiger partial charge on any atom is 0.258 e. The molecule has 4 rings (SSSR count). The minimum absolute atomic E-state index is 0.00588. The number of aromatic nitrogens is 3. The highest BCUT2D eigenvalue weighted by Crippen LogP contribution is 2.44. The molecule has 1 aromatic carbocycles.